The first-order valence-electron chi connectivity index (χ1n) is 8.38. The first kappa shape index (κ1) is 19.0. The predicted molar refractivity (Wildman–Crippen MR) is 97.8 cm³/mol. The van der Waals surface area contributed by atoms with Gasteiger partial charge in [0.05, 0.1) is 21.6 Å². The average molecular weight is 359 g/mol. The molecule has 0 bridgehead atoms. The maximum absolute atomic E-state index is 12.1. The van der Waals surface area contributed by atoms with Crippen LogP contribution in [-0.2, 0) is 4.79 Å². The number of thioether (sulfide) groups is 1. The maximum Gasteiger partial charge on any atom is 0.269 e. The molecule has 25 heavy (non-hydrogen) atoms. The second-order valence-electron chi connectivity index (χ2n) is 5.92. The summed E-state index contributed by atoms with van der Waals surface area (Å²) in [6.07, 6.45) is 4.61. The number of unbranched alkanes of at least 4 members (excludes halogenated alkanes) is 3. The van der Waals surface area contributed by atoms with Gasteiger partial charge in [-0.2, -0.15) is 5.26 Å². The van der Waals surface area contributed by atoms with Gasteiger partial charge in [-0.1, -0.05) is 38.3 Å². The second-order valence-corrected chi connectivity index (χ2v) is 7.03. The van der Waals surface area contributed by atoms with Gasteiger partial charge in [0.15, 0.2) is 0 Å². The average Bonchev–Trinajstić information content (AvgIpc) is 2.61. The van der Waals surface area contributed by atoms with Crippen LogP contribution in [0.25, 0.3) is 0 Å². The molecule has 0 saturated carbocycles. The van der Waals surface area contributed by atoms with Crippen LogP contribution in [0.5, 0.6) is 0 Å². The van der Waals surface area contributed by atoms with Crippen LogP contribution in [0.3, 0.4) is 0 Å². The number of nitrogens with zero attached hydrogens (tertiary/aromatic N) is 2. The number of nitro benzene ring substituents is 1. The zero-order valence-corrected chi connectivity index (χ0v) is 15.0. The Labute approximate surface area is 151 Å². The van der Waals surface area contributed by atoms with Crippen molar-refractivity contribution in [3.05, 3.63) is 50.5 Å². The minimum absolute atomic E-state index is 0.0328. The highest BCUT2D eigenvalue weighted by molar-refractivity contribution is 8.03. The number of nitrogens with one attached hydrogen (secondary N) is 1. The molecule has 6 nitrogen and oxygen atoms in total. The fourth-order valence-corrected chi connectivity index (χ4v) is 3.86. The van der Waals surface area contributed by atoms with E-state index in [1.54, 1.807) is 12.1 Å². The summed E-state index contributed by atoms with van der Waals surface area (Å²) in [4.78, 5) is 22.6. The van der Waals surface area contributed by atoms with E-state index in [1.165, 1.54) is 30.3 Å². The van der Waals surface area contributed by atoms with Crippen molar-refractivity contribution in [2.24, 2.45) is 0 Å². The third-order valence-corrected chi connectivity index (χ3v) is 5.19. The van der Waals surface area contributed by atoms with Crippen LogP contribution in [-0.4, -0.2) is 16.6 Å². The summed E-state index contributed by atoms with van der Waals surface area (Å²) in [5.74, 6) is 0.242. The van der Waals surface area contributed by atoms with Gasteiger partial charge in [0.25, 0.3) is 5.69 Å². The third kappa shape index (κ3) is 5.07. The fourth-order valence-electron chi connectivity index (χ4n) is 2.78. The fraction of sp³-hybridized carbons (Fsp3) is 0.444. The van der Waals surface area contributed by atoms with Crippen molar-refractivity contribution < 1.29 is 9.72 Å². The van der Waals surface area contributed by atoms with Gasteiger partial charge in [-0.15, -0.1) is 11.8 Å². The molecule has 7 heteroatoms. The number of amides is 1. The van der Waals surface area contributed by atoms with Gasteiger partial charge >= 0.3 is 0 Å². The SMILES string of the molecule is CCCCCCSC1=C(C#N)[C@H](c2cccc([N+](=O)[O-])c2)CC(=O)N1. The summed E-state index contributed by atoms with van der Waals surface area (Å²) in [6.45, 7) is 2.15. The molecule has 0 aliphatic carbocycles. The number of benzene rings is 1. The van der Waals surface area contributed by atoms with Gasteiger partial charge in [-0.05, 0) is 17.7 Å². The van der Waals surface area contributed by atoms with Crippen LogP contribution in [0.1, 0.15) is 50.5 Å². The number of hydrogen-bond acceptors (Lipinski definition) is 5. The van der Waals surface area contributed by atoms with Crippen molar-refractivity contribution in [2.45, 2.75) is 44.9 Å². The van der Waals surface area contributed by atoms with Crippen molar-refractivity contribution in [3.8, 4) is 6.07 Å². The summed E-state index contributed by atoms with van der Waals surface area (Å²) in [7, 11) is 0. The molecule has 1 aliphatic heterocycles. The normalized spacial score (nSPS) is 17.1. The number of hydrogen-bond donors (Lipinski definition) is 1. The molecule has 0 spiro atoms. The van der Waals surface area contributed by atoms with Crippen LogP contribution in [0, 0.1) is 21.4 Å². The number of non-ortho nitro benzene ring substituents is 1. The van der Waals surface area contributed by atoms with Crippen molar-refractivity contribution in [3.63, 3.8) is 0 Å². The third-order valence-electron chi connectivity index (χ3n) is 4.08. The summed E-state index contributed by atoms with van der Waals surface area (Å²) < 4.78 is 0. The lowest BCUT2D eigenvalue weighted by Crippen LogP contribution is -2.31. The molecule has 1 aromatic carbocycles. The van der Waals surface area contributed by atoms with Gasteiger partial charge in [-0.25, -0.2) is 0 Å². The molecule has 2 rings (SSSR count). The Kier molecular flexibility index (Phi) is 7.02. The molecule has 1 aliphatic rings. The highest BCUT2D eigenvalue weighted by atomic mass is 32.2. The van der Waals surface area contributed by atoms with Crippen molar-refractivity contribution in [1.82, 2.24) is 5.32 Å². The lowest BCUT2D eigenvalue weighted by atomic mass is 9.87. The Morgan fingerprint density at radius 1 is 1.40 bits per heavy atom. The smallest absolute Gasteiger partial charge is 0.269 e. The van der Waals surface area contributed by atoms with E-state index in [2.05, 4.69) is 18.3 Å². The molecule has 0 unspecified atom stereocenters. The summed E-state index contributed by atoms with van der Waals surface area (Å²) >= 11 is 1.48. The second kappa shape index (κ2) is 9.23. The van der Waals surface area contributed by atoms with Crippen LogP contribution in [0.15, 0.2) is 34.9 Å². The number of allylic oxidation sites excluding steroid dienone is 1. The standard InChI is InChI=1S/C18H21N3O3S/c1-2-3-4-5-9-25-18-16(12-19)15(11-17(22)20-18)13-7-6-8-14(10-13)21(23)24/h6-8,10,15H,2-5,9,11H2,1H3,(H,20,22)/t15-/m0/s1. The Balaban J connectivity index is 2.23. The number of carbonyl (C=O) groups excluding carboxylic acids is 1. The molecule has 1 aromatic rings. The van der Waals surface area contributed by atoms with Crippen LogP contribution >= 0.6 is 11.8 Å². The topological polar surface area (TPSA) is 96.0 Å². The largest absolute Gasteiger partial charge is 0.320 e. The van der Waals surface area contributed by atoms with E-state index < -0.39 is 10.8 Å². The lowest BCUT2D eigenvalue weighted by molar-refractivity contribution is -0.384. The number of nitriles is 1. The molecular weight excluding hydrogens is 338 g/mol. The van der Waals surface area contributed by atoms with E-state index in [0.29, 0.717) is 16.2 Å². The number of carbonyl (C=O) groups is 1. The molecule has 1 amide bonds. The molecular formula is C18H21N3O3S. The van der Waals surface area contributed by atoms with Crippen molar-refractivity contribution in [2.75, 3.05) is 5.75 Å². The zero-order valence-electron chi connectivity index (χ0n) is 14.2. The van der Waals surface area contributed by atoms with E-state index in [0.717, 1.165) is 25.0 Å². The van der Waals surface area contributed by atoms with Gasteiger partial charge < -0.3 is 5.32 Å². The highest BCUT2D eigenvalue weighted by Crippen LogP contribution is 2.37. The van der Waals surface area contributed by atoms with Gasteiger partial charge in [-0.3, -0.25) is 14.9 Å². The minimum Gasteiger partial charge on any atom is -0.320 e. The Hall–Kier alpha value is -2.33. The van der Waals surface area contributed by atoms with Gasteiger partial charge in [0.2, 0.25) is 5.91 Å². The van der Waals surface area contributed by atoms with Crippen LogP contribution in [0.4, 0.5) is 5.69 Å². The van der Waals surface area contributed by atoms with Crippen LogP contribution < -0.4 is 5.32 Å². The Morgan fingerprint density at radius 3 is 2.88 bits per heavy atom. The summed E-state index contributed by atoms with van der Waals surface area (Å²) in [5, 5.41) is 24.0. The summed E-state index contributed by atoms with van der Waals surface area (Å²) in [6, 6.07) is 8.38. The first-order valence-corrected chi connectivity index (χ1v) is 9.36. The quantitative estimate of drug-likeness (QED) is 0.425. The molecule has 0 radical (unpaired) electrons. The molecule has 0 aromatic heterocycles. The molecule has 0 saturated heterocycles. The van der Waals surface area contributed by atoms with Crippen molar-refractivity contribution in [1.29, 1.82) is 5.26 Å². The molecule has 1 atom stereocenters. The van der Waals surface area contributed by atoms with E-state index in [-0.39, 0.29) is 18.0 Å². The van der Waals surface area contributed by atoms with E-state index in [1.807, 2.05) is 0 Å². The molecule has 0 fully saturated rings. The Morgan fingerprint density at radius 2 is 2.20 bits per heavy atom. The maximum atomic E-state index is 12.1. The van der Waals surface area contributed by atoms with E-state index >= 15 is 0 Å². The number of nitro groups is 1. The van der Waals surface area contributed by atoms with Gasteiger partial charge in [0, 0.05) is 24.5 Å². The highest BCUT2D eigenvalue weighted by Gasteiger charge is 2.30. The lowest BCUT2D eigenvalue weighted by Gasteiger charge is -2.25. The molecule has 132 valence electrons. The van der Waals surface area contributed by atoms with Crippen LogP contribution in [0.2, 0.25) is 0 Å². The Bertz CT molecular complexity index is 725. The minimum atomic E-state index is -0.467. The van der Waals surface area contributed by atoms with E-state index in [4.69, 9.17) is 0 Å². The molecule has 1 N–H and O–H groups in total. The van der Waals surface area contributed by atoms with Crippen molar-refractivity contribution >= 4 is 23.4 Å². The monoisotopic (exact) mass is 359 g/mol. The molecule has 1 heterocycles. The predicted octanol–water partition coefficient (Wildman–Crippen LogP) is 4.25. The van der Waals surface area contributed by atoms with E-state index in [9.17, 15) is 20.2 Å². The number of rotatable bonds is 8. The first-order chi connectivity index (χ1) is 12.1. The summed E-state index contributed by atoms with van der Waals surface area (Å²) in [5.41, 5.74) is 1.08. The van der Waals surface area contributed by atoms with Gasteiger partial charge in [0.1, 0.15) is 0 Å². The zero-order chi connectivity index (χ0) is 18.2.